The molecule has 1 aliphatic rings. The lowest BCUT2D eigenvalue weighted by molar-refractivity contribution is 0.0696. The fourth-order valence-corrected chi connectivity index (χ4v) is 2.75. The number of aliphatic hydroxyl groups is 1. The summed E-state index contributed by atoms with van der Waals surface area (Å²) in [5.74, 6) is 0.0314. The first-order valence-corrected chi connectivity index (χ1v) is 7.11. The number of aliphatic hydroxyl groups excluding tert-OH is 1. The van der Waals surface area contributed by atoms with Crippen LogP contribution in [-0.2, 0) is 0 Å². The van der Waals surface area contributed by atoms with Crippen LogP contribution >= 0.6 is 11.6 Å². The fourth-order valence-electron chi connectivity index (χ4n) is 2.54. The van der Waals surface area contributed by atoms with Gasteiger partial charge < -0.3 is 15.5 Å². The van der Waals surface area contributed by atoms with Crippen molar-refractivity contribution >= 4 is 23.4 Å². The van der Waals surface area contributed by atoms with Gasteiger partial charge in [0.05, 0.1) is 22.7 Å². The molecule has 0 amide bonds. The molecule has 5 nitrogen and oxygen atoms in total. The Morgan fingerprint density at radius 2 is 2.20 bits per heavy atom. The van der Waals surface area contributed by atoms with E-state index in [1.54, 1.807) is 0 Å². The third-order valence-corrected chi connectivity index (χ3v) is 4.29. The van der Waals surface area contributed by atoms with E-state index in [0.717, 1.165) is 25.7 Å². The number of nitrogens with zero attached hydrogens (tertiary/aromatic N) is 1. The fraction of sp³-hybridized carbons (Fsp3) is 0.571. The van der Waals surface area contributed by atoms with Crippen LogP contribution < -0.4 is 5.32 Å². The quantitative estimate of drug-likeness (QED) is 0.796. The molecule has 0 bridgehead atoms. The molecule has 110 valence electrons. The highest BCUT2D eigenvalue weighted by Crippen LogP contribution is 2.35. The van der Waals surface area contributed by atoms with E-state index in [-0.39, 0.29) is 17.2 Å². The van der Waals surface area contributed by atoms with Gasteiger partial charge in [-0.15, -0.1) is 0 Å². The summed E-state index contributed by atoms with van der Waals surface area (Å²) in [6, 6.07) is 1.37. The van der Waals surface area contributed by atoms with Crippen LogP contribution in [0, 0.1) is 5.92 Å². The van der Waals surface area contributed by atoms with Crippen LogP contribution in [0.15, 0.2) is 12.3 Å². The van der Waals surface area contributed by atoms with Crippen molar-refractivity contribution in [2.24, 2.45) is 5.92 Å². The third-order valence-electron chi connectivity index (χ3n) is 4.01. The molecule has 1 aromatic rings. The number of aromatic carboxylic acids is 1. The first kappa shape index (κ1) is 15.1. The number of hydrogen-bond acceptors (Lipinski definition) is 4. The monoisotopic (exact) mass is 298 g/mol. The summed E-state index contributed by atoms with van der Waals surface area (Å²) >= 11 is 6.07. The first-order valence-electron chi connectivity index (χ1n) is 6.74. The van der Waals surface area contributed by atoms with Crippen LogP contribution in [0.2, 0.25) is 5.02 Å². The molecule has 1 aromatic heterocycles. The van der Waals surface area contributed by atoms with Gasteiger partial charge in [0.15, 0.2) is 0 Å². The van der Waals surface area contributed by atoms with Crippen LogP contribution in [0.1, 0.15) is 43.0 Å². The van der Waals surface area contributed by atoms with Crippen molar-refractivity contribution in [1.82, 2.24) is 4.98 Å². The van der Waals surface area contributed by atoms with E-state index in [4.69, 9.17) is 16.7 Å². The van der Waals surface area contributed by atoms with Gasteiger partial charge >= 0.3 is 5.97 Å². The van der Waals surface area contributed by atoms with E-state index >= 15 is 0 Å². The summed E-state index contributed by atoms with van der Waals surface area (Å²) in [6.07, 6.45) is 5.05. The number of anilines is 1. The molecule has 1 fully saturated rings. The highest BCUT2D eigenvalue weighted by molar-refractivity contribution is 6.33. The Kier molecular flexibility index (Phi) is 4.50. The summed E-state index contributed by atoms with van der Waals surface area (Å²) in [4.78, 5) is 14.9. The van der Waals surface area contributed by atoms with Gasteiger partial charge in [-0.25, -0.2) is 9.78 Å². The highest BCUT2D eigenvalue weighted by Gasteiger charge is 2.34. The van der Waals surface area contributed by atoms with Crippen molar-refractivity contribution in [1.29, 1.82) is 0 Å². The van der Waals surface area contributed by atoms with E-state index in [1.807, 2.05) is 0 Å². The maximum absolute atomic E-state index is 10.9. The van der Waals surface area contributed by atoms with Crippen molar-refractivity contribution in [3.63, 3.8) is 0 Å². The van der Waals surface area contributed by atoms with Crippen LogP contribution in [-0.4, -0.2) is 33.3 Å². The van der Waals surface area contributed by atoms with Crippen molar-refractivity contribution in [3.8, 4) is 0 Å². The molecule has 3 N–H and O–H groups in total. The lowest BCUT2D eigenvalue weighted by Crippen LogP contribution is -2.45. The molecule has 0 saturated heterocycles. The van der Waals surface area contributed by atoms with E-state index in [1.165, 1.54) is 12.3 Å². The standard InChI is InChI=1S/C14H19ClN2O3/c1-9-2-4-14(8-18,5-3-9)17-12-11(15)6-10(7-16-12)13(19)20/h6-7,9,18H,2-5,8H2,1H3,(H,16,17)(H,19,20). The van der Waals surface area contributed by atoms with Crippen LogP contribution in [0.5, 0.6) is 0 Å². The molecule has 0 aromatic carbocycles. The topological polar surface area (TPSA) is 82.5 Å². The minimum absolute atomic E-state index is 0.0123. The largest absolute Gasteiger partial charge is 0.478 e. The first-order chi connectivity index (χ1) is 9.46. The van der Waals surface area contributed by atoms with E-state index in [0.29, 0.717) is 11.7 Å². The van der Waals surface area contributed by atoms with E-state index in [2.05, 4.69) is 17.2 Å². The van der Waals surface area contributed by atoms with Gasteiger partial charge in [-0.05, 0) is 37.7 Å². The predicted molar refractivity (Wildman–Crippen MR) is 77.3 cm³/mol. The summed E-state index contributed by atoms with van der Waals surface area (Å²) in [5.41, 5.74) is -0.357. The molecular weight excluding hydrogens is 280 g/mol. The van der Waals surface area contributed by atoms with E-state index < -0.39 is 11.5 Å². The molecule has 1 aliphatic carbocycles. The van der Waals surface area contributed by atoms with Crippen LogP contribution in [0.4, 0.5) is 5.82 Å². The molecule has 2 rings (SSSR count). The number of carboxylic acids is 1. The number of hydrogen-bond donors (Lipinski definition) is 3. The normalized spacial score (nSPS) is 26.2. The number of aromatic nitrogens is 1. The van der Waals surface area contributed by atoms with Crippen molar-refractivity contribution in [2.45, 2.75) is 38.1 Å². The molecule has 0 unspecified atom stereocenters. The van der Waals surface area contributed by atoms with Crippen LogP contribution in [0.25, 0.3) is 0 Å². The zero-order valence-corrected chi connectivity index (χ0v) is 12.2. The van der Waals surface area contributed by atoms with Gasteiger partial charge in [0.2, 0.25) is 0 Å². The average molecular weight is 299 g/mol. The molecule has 1 heterocycles. The van der Waals surface area contributed by atoms with Crippen molar-refractivity contribution in [3.05, 3.63) is 22.8 Å². The minimum Gasteiger partial charge on any atom is -0.478 e. The summed E-state index contributed by atoms with van der Waals surface area (Å²) in [5, 5.41) is 22.1. The van der Waals surface area contributed by atoms with Gasteiger partial charge in [-0.3, -0.25) is 0 Å². The zero-order valence-electron chi connectivity index (χ0n) is 11.4. The Labute approximate surface area is 123 Å². The smallest absolute Gasteiger partial charge is 0.337 e. The number of halogens is 1. The zero-order chi connectivity index (χ0) is 14.8. The predicted octanol–water partition coefficient (Wildman–Crippen LogP) is 2.79. The molecule has 20 heavy (non-hydrogen) atoms. The number of pyridine rings is 1. The Bertz CT molecular complexity index is 499. The molecule has 6 heteroatoms. The van der Waals surface area contributed by atoms with Gasteiger partial charge in [-0.1, -0.05) is 18.5 Å². The van der Waals surface area contributed by atoms with Gasteiger partial charge in [0.25, 0.3) is 0 Å². The van der Waals surface area contributed by atoms with Gasteiger partial charge in [0, 0.05) is 6.20 Å². The molecule has 0 spiro atoms. The molecular formula is C14H19ClN2O3. The SMILES string of the molecule is CC1CCC(CO)(Nc2ncc(C(=O)O)cc2Cl)CC1. The highest BCUT2D eigenvalue weighted by atomic mass is 35.5. The lowest BCUT2D eigenvalue weighted by atomic mass is 9.77. The molecule has 0 radical (unpaired) electrons. The Morgan fingerprint density at radius 3 is 2.70 bits per heavy atom. The maximum atomic E-state index is 10.9. The summed E-state index contributed by atoms with van der Waals surface area (Å²) < 4.78 is 0. The van der Waals surface area contributed by atoms with Crippen molar-refractivity contribution in [2.75, 3.05) is 11.9 Å². The maximum Gasteiger partial charge on any atom is 0.337 e. The average Bonchev–Trinajstić information content (AvgIpc) is 2.43. The molecule has 1 saturated carbocycles. The Hall–Kier alpha value is -1.33. The Balaban J connectivity index is 2.17. The van der Waals surface area contributed by atoms with E-state index in [9.17, 15) is 9.90 Å². The number of rotatable bonds is 4. The third kappa shape index (κ3) is 3.22. The second kappa shape index (κ2) is 5.97. The number of carbonyl (C=O) groups is 1. The second-order valence-electron chi connectivity index (χ2n) is 5.61. The second-order valence-corrected chi connectivity index (χ2v) is 6.01. The van der Waals surface area contributed by atoms with Crippen molar-refractivity contribution < 1.29 is 15.0 Å². The lowest BCUT2D eigenvalue weighted by Gasteiger charge is -2.39. The van der Waals surface area contributed by atoms with Gasteiger partial charge in [-0.2, -0.15) is 0 Å². The molecule has 0 aliphatic heterocycles. The van der Waals surface area contributed by atoms with Gasteiger partial charge in [0.1, 0.15) is 5.82 Å². The summed E-state index contributed by atoms with van der Waals surface area (Å²) in [7, 11) is 0. The molecule has 0 atom stereocenters. The Morgan fingerprint density at radius 1 is 1.55 bits per heavy atom. The minimum atomic E-state index is -1.06. The number of nitrogens with one attached hydrogen (secondary N) is 1. The summed E-state index contributed by atoms with van der Waals surface area (Å²) in [6.45, 7) is 2.21. The number of carboxylic acid groups (broad SMARTS) is 1. The van der Waals surface area contributed by atoms with Crippen LogP contribution in [0.3, 0.4) is 0 Å².